The maximum atomic E-state index is 12.7. The first-order valence-corrected chi connectivity index (χ1v) is 9.24. The Bertz CT molecular complexity index is 1220. The first-order valence-electron chi connectivity index (χ1n) is 9.24. The van der Waals surface area contributed by atoms with Crippen LogP contribution in [0.3, 0.4) is 0 Å². The molecule has 32 heavy (non-hydrogen) atoms. The number of carboxylic acids is 1. The standard InChI is InChI=1S/C22H16N4O6/c23-11-15-3-1-2-4-16(15)13-32-19-8-14(9-21(27)28)7-17(10-19)22(29)25-20-6-5-18(12-24-20)26(30)31/h1-8,10,12H,9,13H2,(H,27,28)(H,24,25,29). The summed E-state index contributed by atoms with van der Waals surface area (Å²) in [4.78, 5) is 37.8. The minimum Gasteiger partial charge on any atom is -0.489 e. The molecule has 0 fully saturated rings. The number of carboxylic acid groups (broad SMARTS) is 1. The van der Waals surface area contributed by atoms with Crippen LogP contribution in [0.1, 0.15) is 27.0 Å². The van der Waals surface area contributed by atoms with E-state index in [0.717, 1.165) is 6.20 Å². The van der Waals surface area contributed by atoms with Gasteiger partial charge in [-0.2, -0.15) is 5.26 Å². The van der Waals surface area contributed by atoms with E-state index in [2.05, 4.69) is 16.4 Å². The van der Waals surface area contributed by atoms with E-state index < -0.39 is 16.8 Å². The number of carbonyl (C=O) groups is 2. The zero-order valence-corrected chi connectivity index (χ0v) is 16.5. The Hall–Kier alpha value is -4.78. The van der Waals surface area contributed by atoms with Gasteiger partial charge in [0, 0.05) is 17.2 Å². The minimum atomic E-state index is -1.08. The molecule has 2 N–H and O–H groups in total. The van der Waals surface area contributed by atoms with Crippen molar-refractivity contribution in [3.05, 3.63) is 93.2 Å². The molecule has 2 aromatic carbocycles. The van der Waals surface area contributed by atoms with Crippen molar-refractivity contribution in [1.82, 2.24) is 4.98 Å². The van der Waals surface area contributed by atoms with Crippen LogP contribution in [-0.4, -0.2) is 26.9 Å². The summed E-state index contributed by atoms with van der Waals surface area (Å²) in [7, 11) is 0. The molecule has 0 aliphatic carbocycles. The second-order valence-electron chi connectivity index (χ2n) is 6.61. The molecular formula is C22H16N4O6. The number of aromatic nitrogens is 1. The summed E-state index contributed by atoms with van der Waals surface area (Å²) in [6.07, 6.45) is 0.680. The van der Waals surface area contributed by atoms with E-state index in [1.165, 1.54) is 30.3 Å². The molecule has 0 aliphatic rings. The quantitative estimate of drug-likeness (QED) is 0.405. The Morgan fingerprint density at radius 2 is 1.97 bits per heavy atom. The number of nitriles is 1. The normalized spacial score (nSPS) is 10.1. The van der Waals surface area contributed by atoms with Gasteiger partial charge in [-0.05, 0) is 35.9 Å². The number of nitrogens with one attached hydrogen (secondary N) is 1. The summed E-state index contributed by atoms with van der Waals surface area (Å²) in [5, 5.41) is 31.6. The minimum absolute atomic E-state index is 0.0469. The number of ether oxygens (including phenoxy) is 1. The molecule has 0 spiro atoms. The van der Waals surface area contributed by atoms with E-state index in [0.29, 0.717) is 16.7 Å². The zero-order valence-electron chi connectivity index (χ0n) is 16.5. The fourth-order valence-electron chi connectivity index (χ4n) is 2.82. The highest BCUT2D eigenvalue weighted by Crippen LogP contribution is 2.21. The molecule has 0 unspecified atom stereocenters. The van der Waals surface area contributed by atoms with Crippen LogP contribution < -0.4 is 10.1 Å². The van der Waals surface area contributed by atoms with E-state index in [1.54, 1.807) is 24.3 Å². The molecule has 0 saturated carbocycles. The Kier molecular flexibility index (Phi) is 6.72. The van der Waals surface area contributed by atoms with E-state index in [1.807, 2.05) is 0 Å². The van der Waals surface area contributed by atoms with Crippen molar-refractivity contribution in [1.29, 1.82) is 5.26 Å². The van der Waals surface area contributed by atoms with Gasteiger partial charge in [-0.15, -0.1) is 0 Å². The molecule has 0 saturated heterocycles. The van der Waals surface area contributed by atoms with Gasteiger partial charge in [-0.25, -0.2) is 4.98 Å². The molecule has 10 nitrogen and oxygen atoms in total. The number of hydrogen-bond donors (Lipinski definition) is 2. The van der Waals surface area contributed by atoms with Crippen LogP contribution in [-0.2, 0) is 17.8 Å². The molecule has 1 amide bonds. The van der Waals surface area contributed by atoms with Crippen LogP contribution in [0, 0.1) is 21.4 Å². The summed E-state index contributed by atoms with van der Waals surface area (Å²) >= 11 is 0. The van der Waals surface area contributed by atoms with Crippen molar-refractivity contribution >= 4 is 23.4 Å². The smallest absolute Gasteiger partial charge is 0.307 e. The average molecular weight is 432 g/mol. The number of nitro groups is 1. The monoisotopic (exact) mass is 432 g/mol. The number of hydrogen-bond acceptors (Lipinski definition) is 7. The van der Waals surface area contributed by atoms with E-state index >= 15 is 0 Å². The lowest BCUT2D eigenvalue weighted by Gasteiger charge is -2.12. The van der Waals surface area contributed by atoms with Gasteiger partial charge in [0.25, 0.3) is 11.6 Å². The van der Waals surface area contributed by atoms with Crippen molar-refractivity contribution in [3.8, 4) is 11.8 Å². The summed E-state index contributed by atoms with van der Waals surface area (Å²) in [6, 6.07) is 15.8. The van der Waals surface area contributed by atoms with Gasteiger partial charge in [-0.1, -0.05) is 18.2 Å². The highest BCUT2D eigenvalue weighted by atomic mass is 16.6. The molecule has 10 heteroatoms. The van der Waals surface area contributed by atoms with Gasteiger partial charge < -0.3 is 15.2 Å². The Morgan fingerprint density at radius 1 is 1.19 bits per heavy atom. The molecule has 1 aromatic heterocycles. The predicted octanol–water partition coefficient (Wildman–Crippen LogP) is 3.32. The summed E-state index contributed by atoms with van der Waals surface area (Å²) < 4.78 is 5.73. The number of anilines is 1. The third kappa shape index (κ3) is 5.64. The van der Waals surface area contributed by atoms with E-state index in [9.17, 15) is 25.0 Å². The topological polar surface area (TPSA) is 155 Å². The van der Waals surface area contributed by atoms with E-state index in [-0.39, 0.29) is 35.8 Å². The van der Waals surface area contributed by atoms with Gasteiger partial charge in [-0.3, -0.25) is 19.7 Å². The second-order valence-corrected chi connectivity index (χ2v) is 6.61. The lowest BCUT2D eigenvalue weighted by Crippen LogP contribution is -2.14. The van der Waals surface area contributed by atoms with Crippen LogP contribution in [0.4, 0.5) is 11.5 Å². The summed E-state index contributed by atoms with van der Waals surface area (Å²) in [6.45, 7) is 0.0469. The Labute approximate surface area is 181 Å². The van der Waals surface area contributed by atoms with Crippen molar-refractivity contribution in [2.75, 3.05) is 5.32 Å². The lowest BCUT2D eigenvalue weighted by molar-refractivity contribution is -0.385. The zero-order chi connectivity index (χ0) is 23.1. The lowest BCUT2D eigenvalue weighted by atomic mass is 10.1. The van der Waals surface area contributed by atoms with E-state index in [4.69, 9.17) is 9.84 Å². The average Bonchev–Trinajstić information content (AvgIpc) is 2.77. The van der Waals surface area contributed by atoms with Gasteiger partial charge >= 0.3 is 5.97 Å². The van der Waals surface area contributed by atoms with Crippen LogP contribution in [0.2, 0.25) is 0 Å². The molecule has 3 rings (SSSR count). The maximum absolute atomic E-state index is 12.7. The number of carbonyl (C=O) groups excluding carboxylic acids is 1. The van der Waals surface area contributed by atoms with Gasteiger partial charge in [0.05, 0.1) is 23.0 Å². The van der Waals surface area contributed by atoms with Crippen LogP contribution in [0.5, 0.6) is 5.75 Å². The fourth-order valence-corrected chi connectivity index (χ4v) is 2.82. The number of pyridine rings is 1. The SMILES string of the molecule is N#Cc1ccccc1COc1cc(CC(=O)O)cc(C(=O)Nc2ccc([N+](=O)[O-])cn2)c1. The Morgan fingerprint density at radius 3 is 2.62 bits per heavy atom. The van der Waals surface area contributed by atoms with Crippen molar-refractivity contribution in [2.45, 2.75) is 13.0 Å². The number of nitrogens with zero attached hydrogens (tertiary/aromatic N) is 3. The van der Waals surface area contributed by atoms with Crippen molar-refractivity contribution in [3.63, 3.8) is 0 Å². The molecule has 0 radical (unpaired) electrons. The molecule has 0 atom stereocenters. The molecular weight excluding hydrogens is 416 g/mol. The highest BCUT2D eigenvalue weighted by Gasteiger charge is 2.14. The molecule has 160 valence electrons. The molecule has 1 heterocycles. The first-order chi connectivity index (χ1) is 15.4. The first kappa shape index (κ1) is 21.9. The van der Waals surface area contributed by atoms with Crippen LogP contribution in [0.15, 0.2) is 60.8 Å². The molecule has 0 bridgehead atoms. The van der Waals surface area contributed by atoms with Crippen molar-refractivity contribution in [2.24, 2.45) is 0 Å². The number of benzene rings is 2. The Balaban J connectivity index is 1.82. The van der Waals surface area contributed by atoms with Crippen LogP contribution in [0.25, 0.3) is 0 Å². The van der Waals surface area contributed by atoms with Gasteiger partial charge in [0.15, 0.2) is 0 Å². The maximum Gasteiger partial charge on any atom is 0.307 e. The second kappa shape index (κ2) is 9.82. The molecule has 3 aromatic rings. The third-order valence-corrected chi connectivity index (χ3v) is 4.32. The summed E-state index contributed by atoms with van der Waals surface area (Å²) in [5.41, 5.74) is 1.31. The van der Waals surface area contributed by atoms with Crippen LogP contribution >= 0.6 is 0 Å². The summed E-state index contributed by atoms with van der Waals surface area (Å²) in [5.74, 6) is -1.34. The van der Waals surface area contributed by atoms with Gasteiger partial charge in [0.2, 0.25) is 0 Å². The highest BCUT2D eigenvalue weighted by molar-refractivity contribution is 6.04. The van der Waals surface area contributed by atoms with Gasteiger partial charge in [0.1, 0.15) is 24.4 Å². The predicted molar refractivity (Wildman–Crippen MR) is 112 cm³/mol. The number of aliphatic carboxylic acids is 1. The fraction of sp³-hybridized carbons (Fsp3) is 0.0909. The number of amides is 1. The largest absolute Gasteiger partial charge is 0.489 e. The number of rotatable bonds is 8. The third-order valence-electron chi connectivity index (χ3n) is 4.32. The molecule has 0 aliphatic heterocycles. The van der Waals surface area contributed by atoms with Crippen molar-refractivity contribution < 1.29 is 24.4 Å².